The normalized spacial score (nSPS) is 15.1. The van der Waals surface area contributed by atoms with Crippen molar-refractivity contribution in [1.82, 2.24) is 29.5 Å². The summed E-state index contributed by atoms with van der Waals surface area (Å²) in [7, 11) is 1.97. The first-order valence-corrected chi connectivity index (χ1v) is 9.07. The molecule has 0 aliphatic carbocycles. The van der Waals surface area contributed by atoms with Gasteiger partial charge in [0.05, 0.1) is 11.4 Å². The van der Waals surface area contributed by atoms with Gasteiger partial charge in [0.25, 0.3) is 5.91 Å². The monoisotopic (exact) mass is 362 g/mol. The Morgan fingerprint density at radius 2 is 1.93 bits per heavy atom. The van der Waals surface area contributed by atoms with Gasteiger partial charge in [0, 0.05) is 63.9 Å². The molecule has 7 heteroatoms. The van der Waals surface area contributed by atoms with E-state index in [1.807, 2.05) is 47.1 Å². The van der Waals surface area contributed by atoms with Gasteiger partial charge in [0.2, 0.25) is 0 Å². The average Bonchev–Trinajstić information content (AvgIpc) is 3.10. The van der Waals surface area contributed by atoms with Crippen LogP contribution in [0.5, 0.6) is 0 Å². The van der Waals surface area contributed by atoms with Gasteiger partial charge in [-0.15, -0.1) is 0 Å². The molecular weight excluding hydrogens is 340 g/mol. The van der Waals surface area contributed by atoms with Crippen molar-refractivity contribution in [3.05, 3.63) is 66.4 Å². The van der Waals surface area contributed by atoms with Crippen molar-refractivity contribution in [2.75, 3.05) is 26.2 Å². The molecule has 4 heterocycles. The molecule has 7 nitrogen and oxygen atoms in total. The van der Waals surface area contributed by atoms with Gasteiger partial charge in [0.15, 0.2) is 0 Å². The maximum atomic E-state index is 12.5. The van der Waals surface area contributed by atoms with Gasteiger partial charge in [-0.1, -0.05) is 6.07 Å². The Balaban J connectivity index is 1.37. The first kappa shape index (κ1) is 17.4. The van der Waals surface area contributed by atoms with Gasteiger partial charge in [-0.2, -0.15) is 5.10 Å². The topological polar surface area (TPSA) is 67.2 Å². The molecule has 1 aliphatic heterocycles. The highest BCUT2D eigenvalue weighted by molar-refractivity contribution is 5.92. The highest BCUT2D eigenvalue weighted by Crippen LogP contribution is 2.19. The Labute approximate surface area is 158 Å². The molecule has 3 aromatic heterocycles. The number of aromatic nitrogens is 4. The van der Waals surface area contributed by atoms with E-state index in [9.17, 15) is 4.79 Å². The number of rotatable bonds is 4. The van der Waals surface area contributed by atoms with Crippen LogP contribution >= 0.6 is 0 Å². The summed E-state index contributed by atoms with van der Waals surface area (Å²) >= 11 is 0. The number of carbonyl (C=O) groups excluding carboxylic acids is 1. The van der Waals surface area contributed by atoms with E-state index < -0.39 is 0 Å². The number of carbonyl (C=O) groups is 1. The quantitative estimate of drug-likeness (QED) is 0.708. The number of pyridine rings is 2. The van der Waals surface area contributed by atoms with E-state index in [2.05, 4.69) is 26.0 Å². The fourth-order valence-electron chi connectivity index (χ4n) is 3.30. The lowest BCUT2D eigenvalue weighted by atomic mass is 10.2. The number of nitrogens with zero attached hydrogens (tertiary/aromatic N) is 6. The highest BCUT2D eigenvalue weighted by atomic mass is 16.2. The van der Waals surface area contributed by atoms with Gasteiger partial charge in [-0.25, -0.2) is 0 Å². The predicted octanol–water partition coefficient (Wildman–Crippen LogP) is 1.84. The Kier molecular flexibility index (Phi) is 4.93. The maximum absolute atomic E-state index is 12.5. The minimum Gasteiger partial charge on any atom is -0.335 e. The number of piperazine rings is 1. The van der Waals surface area contributed by atoms with Crippen molar-refractivity contribution in [3.8, 4) is 11.3 Å². The summed E-state index contributed by atoms with van der Waals surface area (Å²) in [5.74, 6) is 0.00893. The summed E-state index contributed by atoms with van der Waals surface area (Å²) in [6.07, 6.45) is 5.25. The third-order valence-electron chi connectivity index (χ3n) is 4.86. The van der Waals surface area contributed by atoms with E-state index in [1.165, 1.54) is 0 Å². The predicted molar refractivity (Wildman–Crippen MR) is 102 cm³/mol. The molecule has 1 saturated heterocycles. The fourth-order valence-corrected chi connectivity index (χ4v) is 3.30. The van der Waals surface area contributed by atoms with Crippen LogP contribution in [-0.4, -0.2) is 61.6 Å². The lowest BCUT2D eigenvalue weighted by Crippen LogP contribution is -2.48. The zero-order valence-corrected chi connectivity index (χ0v) is 15.3. The Hall–Kier alpha value is -3.06. The minimum absolute atomic E-state index is 0.00893. The Bertz CT molecular complexity index is 901. The maximum Gasteiger partial charge on any atom is 0.272 e. The summed E-state index contributed by atoms with van der Waals surface area (Å²) in [6.45, 7) is 3.92. The largest absolute Gasteiger partial charge is 0.335 e. The lowest BCUT2D eigenvalue weighted by Gasteiger charge is -2.34. The Morgan fingerprint density at radius 1 is 1.07 bits per heavy atom. The fraction of sp³-hybridized carbons (Fsp3) is 0.300. The number of hydrogen-bond donors (Lipinski definition) is 0. The second-order valence-electron chi connectivity index (χ2n) is 6.67. The van der Waals surface area contributed by atoms with Crippen LogP contribution < -0.4 is 0 Å². The molecule has 1 amide bonds. The van der Waals surface area contributed by atoms with Crippen LogP contribution in [0.2, 0.25) is 0 Å². The van der Waals surface area contributed by atoms with Gasteiger partial charge in [-0.05, 0) is 30.3 Å². The number of hydrogen-bond acceptors (Lipinski definition) is 5. The summed E-state index contributed by atoms with van der Waals surface area (Å²) in [6, 6.07) is 11.5. The summed E-state index contributed by atoms with van der Waals surface area (Å²) < 4.78 is 1.92. The molecule has 0 atom stereocenters. The molecule has 3 aromatic rings. The van der Waals surface area contributed by atoms with Crippen molar-refractivity contribution in [2.24, 2.45) is 7.05 Å². The van der Waals surface area contributed by atoms with E-state index in [0.717, 1.165) is 36.6 Å². The molecule has 1 fully saturated rings. The van der Waals surface area contributed by atoms with E-state index in [4.69, 9.17) is 0 Å². The number of aryl methyl sites for hydroxylation is 1. The van der Waals surface area contributed by atoms with Crippen LogP contribution in [-0.2, 0) is 13.6 Å². The third-order valence-corrected chi connectivity index (χ3v) is 4.86. The van der Waals surface area contributed by atoms with Crippen molar-refractivity contribution >= 4 is 5.91 Å². The molecule has 0 radical (unpaired) electrons. The van der Waals surface area contributed by atoms with Crippen LogP contribution in [0.15, 0.2) is 55.0 Å². The van der Waals surface area contributed by atoms with E-state index in [-0.39, 0.29) is 5.91 Å². The molecule has 4 rings (SSSR count). The molecule has 0 N–H and O–H groups in total. The zero-order valence-electron chi connectivity index (χ0n) is 15.3. The summed E-state index contributed by atoms with van der Waals surface area (Å²) in [4.78, 5) is 25.1. The van der Waals surface area contributed by atoms with Gasteiger partial charge < -0.3 is 4.90 Å². The standard InChI is InChI=1S/C20H22N6O/c1-24-17(13-19(23-24)16-5-4-7-21-14-16)15-25-9-11-26(12-10-25)20(27)18-6-2-3-8-22-18/h2-8,13-14H,9-12,15H2,1H3. The summed E-state index contributed by atoms with van der Waals surface area (Å²) in [5, 5.41) is 4.61. The highest BCUT2D eigenvalue weighted by Gasteiger charge is 2.23. The molecule has 0 saturated carbocycles. The zero-order chi connectivity index (χ0) is 18.6. The van der Waals surface area contributed by atoms with Crippen molar-refractivity contribution in [2.45, 2.75) is 6.54 Å². The van der Waals surface area contributed by atoms with Gasteiger partial charge >= 0.3 is 0 Å². The smallest absolute Gasteiger partial charge is 0.272 e. The Morgan fingerprint density at radius 3 is 2.63 bits per heavy atom. The molecule has 0 unspecified atom stereocenters. The minimum atomic E-state index is 0.00893. The van der Waals surface area contributed by atoms with E-state index >= 15 is 0 Å². The first-order valence-electron chi connectivity index (χ1n) is 9.07. The molecule has 1 aliphatic rings. The van der Waals surface area contributed by atoms with Crippen LogP contribution in [0.25, 0.3) is 11.3 Å². The van der Waals surface area contributed by atoms with Crippen LogP contribution in [0.3, 0.4) is 0 Å². The van der Waals surface area contributed by atoms with Crippen molar-refractivity contribution < 1.29 is 4.79 Å². The van der Waals surface area contributed by atoms with E-state index in [1.54, 1.807) is 18.5 Å². The molecular formula is C20H22N6O. The molecule has 0 aromatic carbocycles. The SMILES string of the molecule is Cn1nc(-c2cccnc2)cc1CN1CCN(C(=O)c2ccccn2)CC1. The van der Waals surface area contributed by atoms with Gasteiger partial charge in [0.1, 0.15) is 5.69 Å². The third kappa shape index (κ3) is 3.88. The lowest BCUT2D eigenvalue weighted by molar-refractivity contribution is 0.0620. The van der Waals surface area contributed by atoms with Gasteiger partial charge in [-0.3, -0.25) is 24.3 Å². The molecule has 138 valence electrons. The van der Waals surface area contributed by atoms with Crippen molar-refractivity contribution in [1.29, 1.82) is 0 Å². The van der Waals surface area contributed by atoms with E-state index in [0.29, 0.717) is 18.8 Å². The molecule has 27 heavy (non-hydrogen) atoms. The summed E-state index contributed by atoms with van der Waals surface area (Å²) in [5.41, 5.74) is 3.62. The molecule has 0 bridgehead atoms. The van der Waals surface area contributed by atoms with Crippen LogP contribution in [0, 0.1) is 0 Å². The van der Waals surface area contributed by atoms with Crippen LogP contribution in [0.4, 0.5) is 0 Å². The average molecular weight is 362 g/mol. The van der Waals surface area contributed by atoms with Crippen LogP contribution in [0.1, 0.15) is 16.2 Å². The second kappa shape index (κ2) is 7.67. The first-order chi connectivity index (χ1) is 13.2. The molecule has 0 spiro atoms. The van der Waals surface area contributed by atoms with Crippen molar-refractivity contribution in [3.63, 3.8) is 0 Å². The number of amides is 1. The second-order valence-corrected chi connectivity index (χ2v) is 6.67.